The van der Waals surface area contributed by atoms with Gasteiger partial charge in [-0.1, -0.05) is 19.0 Å². The molecule has 4 rings (SSSR count). The van der Waals surface area contributed by atoms with Crippen LogP contribution in [0.4, 0.5) is 0 Å². The summed E-state index contributed by atoms with van der Waals surface area (Å²) in [5.74, 6) is 0.756. The Kier molecular flexibility index (Phi) is 4.89. The fraction of sp³-hybridized carbons (Fsp3) is 0.706. The number of ether oxygens (including phenoxy) is 1. The van der Waals surface area contributed by atoms with E-state index in [1.807, 2.05) is 18.7 Å². The predicted molar refractivity (Wildman–Crippen MR) is 86.6 cm³/mol. The molecule has 0 aromatic carbocycles. The lowest BCUT2D eigenvalue weighted by Crippen LogP contribution is -2.49. The van der Waals surface area contributed by atoms with Gasteiger partial charge in [0.25, 0.3) is 5.91 Å². The Morgan fingerprint density at radius 1 is 1.42 bits per heavy atom. The van der Waals surface area contributed by atoms with Crippen LogP contribution in [0.5, 0.6) is 0 Å². The van der Waals surface area contributed by atoms with Gasteiger partial charge in [0.05, 0.1) is 12.5 Å². The molecule has 3 aliphatic rings. The van der Waals surface area contributed by atoms with E-state index in [-0.39, 0.29) is 29.7 Å². The summed E-state index contributed by atoms with van der Waals surface area (Å²) in [5, 5.41) is 3.92. The number of carbonyl (C=O) groups is 2. The van der Waals surface area contributed by atoms with Crippen LogP contribution < -0.4 is 0 Å². The summed E-state index contributed by atoms with van der Waals surface area (Å²) in [6, 6.07) is 1.77. The molecule has 3 fully saturated rings. The van der Waals surface area contributed by atoms with Crippen LogP contribution in [0.25, 0.3) is 0 Å². The number of amides is 2. The van der Waals surface area contributed by atoms with E-state index in [1.54, 1.807) is 18.1 Å². The van der Waals surface area contributed by atoms with Crippen LogP contribution in [0.2, 0.25) is 0 Å². The zero-order valence-electron chi connectivity index (χ0n) is 14.5. The maximum Gasteiger partial charge on any atom is 0.276 e. The van der Waals surface area contributed by atoms with Gasteiger partial charge in [-0.15, -0.1) is 0 Å². The molecule has 0 unspecified atom stereocenters. The first-order valence-electron chi connectivity index (χ1n) is 8.56. The maximum absolute atomic E-state index is 12.8. The highest BCUT2D eigenvalue weighted by Gasteiger charge is 2.42. The van der Waals surface area contributed by atoms with Crippen molar-refractivity contribution in [3.63, 3.8) is 0 Å². The zero-order chi connectivity index (χ0) is 17.3. The van der Waals surface area contributed by atoms with Crippen molar-refractivity contribution in [3.05, 3.63) is 17.5 Å². The number of rotatable bonds is 5. The Labute approximate surface area is 141 Å². The second kappa shape index (κ2) is 6.93. The number of piperidine rings is 1. The number of carbonyl (C=O) groups excluding carboxylic acids is 2. The Morgan fingerprint density at radius 3 is 2.88 bits per heavy atom. The summed E-state index contributed by atoms with van der Waals surface area (Å²) < 4.78 is 10.4. The normalized spacial score (nSPS) is 23.9. The van der Waals surface area contributed by atoms with E-state index in [0.29, 0.717) is 37.7 Å². The molecule has 0 N–H and O–H groups in total. The van der Waals surface area contributed by atoms with Crippen molar-refractivity contribution < 1.29 is 18.8 Å². The third-order valence-electron chi connectivity index (χ3n) is 4.93. The molecule has 4 heterocycles. The van der Waals surface area contributed by atoms with Crippen molar-refractivity contribution in [2.75, 3.05) is 33.4 Å². The molecule has 7 heteroatoms. The molecule has 24 heavy (non-hydrogen) atoms. The molecule has 2 bridgehead atoms. The highest BCUT2D eigenvalue weighted by atomic mass is 16.5. The summed E-state index contributed by atoms with van der Waals surface area (Å²) in [4.78, 5) is 29.0. The van der Waals surface area contributed by atoms with Crippen molar-refractivity contribution in [2.24, 2.45) is 5.92 Å². The SMILES string of the molecule is COCCN1C(=O)[C@H]2CC[C@@H]1CN(C(=O)c1cc(C(C)C)on1)C2. The molecule has 3 aliphatic heterocycles. The lowest BCUT2D eigenvalue weighted by molar-refractivity contribution is -0.140. The Hall–Kier alpha value is -1.89. The van der Waals surface area contributed by atoms with Crippen LogP contribution in [0.1, 0.15) is 48.9 Å². The van der Waals surface area contributed by atoms with Gasteiger partial charge in [-0.25, -0.2) is 0 Å². The van der Waals surface area contributed by atoms with Gasteiger partial charge in [0.2, 0.25) is 5.91 Å². The predicted octanol–water partition coefficient (Wildman–Crippen LogP) is 1.51. The quantitative estimate of drug-likeness (QED) is 0.815. The maximum atomic E-state index is 12.8. The van der Waals surface area contributed by atoms with Crippen LogP contribution in [0.3, 0.4) is 0 Å². The number of methoxy groups -OCH3 is 1. The Bertz CT molecular complexity index is 613. The summed E-state index contributed by atoms with van der Waals surface area (Å²) in [6.45, 7) is 6.10. The Morgan fingerprint density at radius 2 is 2.21 bits per heavy atom. The smallest absolute Gasteiger partial charge is 0.276 e. The lowest BCUT2D eigenvalue weighted by Gasteiger charge is -2.35. The second-order valence-corrected chi connectivity index (χ2v) is 6.93. The molecule has 0 radical (unpaired) electrons. The standard InChI is InChI=1S/C17H25N3O4/c1-11(2)15-8-14(18-24-15)17(22)19-9-12-4-5-13(10-19)20(16(12)21)6-7-23-3/h8,11-13H,4-7,9-10H2,1-3H3/t12-,13+/m0/s1. The van der Waals surface area contributed by atoms with Gasteiger partial charge < -0.3 is 19.1 Å². The van der Waals surface area contributed by atoms with E-state index < -0.39 is 0 Å². The molecule has 0 saturated carbocycles. The van der Waals surface area contributed by atoms with E-state index in [1.165, 1.54) is 0 Å². The number of nitrogens with zero attached hydrogens (tertiary/aromatic N) is 3. The summed E-state index contributed by atoms with van der Waals surface area (Å²) in [5.41, 5.74) is 0.330. The van der Waals surface area contributed by atoms with E-state index in [9.17, 15) is 9.59 Å². The van der Waals surface area contributed by atoms with Gasteiger partial charge in [0, 0.05) is 44.8 Å². The molecule has 2 atom stereocenters. The van der Waals surface area contributed by atoms with Gasteiger partial charge in [-0.05, 0) is 12.8 Å². The fourth-order valence-electron chi connectivity index (χ4n) is 3.51. The van der Waals surface area contributed by atoms with Crippen LogP contribution in [0, 0.1) is 5.92 Å². The Balaban J connectivity index is 1.75. The van der Waals surface area contributed by atoms with Gasteiger partial charge in [0.1, 0.15) is 5.76 Å². The van der Waals surface area contributed by atoms with Crippen LogP contribution >= 0.6 is 0 Å². The highest BCUT2D eigenvalue weighted by Crippen LogP contribution is 2.30. The highest BCUT2D eigenvalue weighted by molar-refractivity contribution is 5.93. The summed E-state index contributed by atoms with van der Waals surface area (Å²) in [6.07, 6.45) is 1.77. The van der Waals surface area contributed by atoms with Crippen LogP contribution in [0.15, 0.2) is 10.6 Å². The number of hydrogen-bond acceptors (Lipinski definition) is 5. The molecule has 0 aliphatic carbocycles. The average molecular weight is 335 g/mol. The number of aromatic nitrogens is 1. The average Bonchev–Trinajstić information content (AvgIpc) is 2.90. The summed E-state index contributed by atoms with van der Waals surface area (Å²) >= 11 is 0. The molecule has 3 saturated heterocycles. The van der Waals surface area contributed by atoms with E-state index in [2.05, 4.69) is 5.16 Å². The monoisotopic (exact) mass is 335 g/mol. The van der Waals surface area contributed by atoms with Crippen molar-refractivity contribution in [2.45, 2.75) is 38.6 Å². The largest absolute Gasteiger partial charge is 0.383 e. The van der Waals surface area contributed by atoms with Crippen molar-refractivity contribution >= 4 is 11.8 Å². The summed E-state index contributed by atoms with van der Waals surface area (Å²) in [7, 11) is 1.63. The first-order valence-corrected chi connectivity index (χ1v) is 8.56. The minimum absolute atomic E-state index is 0.0619. The molecule has 2 amide bonds. The van der Waals surface area contributed by atoms with Gasteiger partial charge >= 0.3 is 0 Å². The van der Waals surface area contributed by atoms with E-state index >= 15 is 0 Å². The topological polar surface area (TPSA) is 75.9 Å². The van der Waals surface area contributed by atoms with E-state index in [4.69, 9.17) is 9.26 Å². The first kappa shape index (κ1) is 17.0. The zero-order valence-corrected chi connectivity index (χ0v) is 14.5. The van der Waals surface area contributed by atoms with Crippen molar-refractivity contribution in [1.29, 1.82) is 0 Å². The van der Waals surface area contributed by atoms with Gasteiger partial charge in [-0.2, -0.15) is 0 Å². The third kappa shape index (κ3) is 3.17. The molecule has 7 nitrogen and oxygen atoms in total. The van der Waals surface area contributed by atoms with Crippen LogP contribution in [-0.2, 0) is 9.53 Å². The second-order valence-electron chi connectivity index (χ2n) is 6.93. The van der Waals surface area contributed by atoms with E-state index in [0.717, 1.165) is 12.8 Å². The molecule has 132 valence electrons. The van der Waals surface area contributed by atoms with Gasteiger partial charge in [0.15, 0.2) is 5.69 Å². The molecule has 1 aromatic heterocycles. The minimum Gasteiger partial charge on any atom is -0.383 e. The minimum atomic E-state index is -0.149. The lowest BCUT2D eigenvalue weighted by atomic mass is 9.94. The number of hydrogen-bond donors (Lipinski definition) is 0. The van der Waals surface area contributed by atoms with Crippen LogP contribution in [-0.4, -0.2) is 66.2 Å². The molecule has 1 aromatic rings. The molecular weight excluding hydrogens is 310 g/mol. The van der Waals surface area contributed by atoms with Gasteiger partial charge in [-0.3, -0.25) is 9.59 Å². The first-order chi connectivity index (χ1) is 11.5. The fourth-order valence-corrected chi connectivity index (χ4v) is 3.51. The third-order valence-corrected chi connectivity index (χ3v) is 4.93. The molecule has 0 spiro atoms. The van der Waals surface area contributed by atoms with Crippen molar-refractivity contribution in [1.82, 2.24) is 15.0 Å². The van der Waals surface area contributed by atoms with Crippen molar-refractivity contribution in [3.8, 4) is 0 Å². The molecular formula is C17H25N3O4. The number of fused-ring (bicyclic) bond motifs is 4.